The Morgan fingerprint density at radius 2 is 2.04 bits per heavy atom. The monoisotopic (exact) mass is 445 g/mol. The van der Waals surface area contributed by atoms with Crippen LogP contribution in [-0.4, -0.2) is 32.6 Å². The maximum absolute atomic E-state index is 12.8. The summed E-state index contributed by atoms with van der Waals surface area (Å²) < 4.78 is 9.75. The summed E-state index contributed by atoms with van der Waals surface area (Å²) in [5.41, 5.74) is 4.40. The van der Waals surface area contributed by atoms with Gasteiger partial charge < -0.3 is 10.1 Å². The van der Waals surface area contributed by atoms with Crippen LogP contribution >= 0.6 is 15.9 Å². The molecule has 28 heavy (non-hydrogen) atoms. The van der Waals surface area contributed by atoms with Crippen LogP contribution < -0.4 is 10.1 Å². The van der Waals surface area contributed by atoms with Crippen LogP contribution in [0.15, 0.2) is 34.9 Å². The third-order valence-corrected chi connectivity index (χ3v) is 5.61. The van der Waals surface area contributed by atoms with E-state index in [9.17, 15) is 4.79 Å². The predicted molar refractivity (Wildman–Crippen MR) is 112 cm³/mol. The molecule has 7 nitrogen and oxygen atoms in total. The number of aryl methyl sites for hydroxylation is 1. The number of hydrogen-bond acceptors (Lipinski definition) is 4. The van der Waals surface area contributed by atoms with E-state index in [1.807, 2.05) is 56.6 Å². The standard InChI is InChI=1S/C20H24BrN5O2/c1-12-19(23-20(27)15(4)26-13(2)18(21)10-22-26)14(3)25(24-12)11-16-7-6-8-17(9-16)28-5/h6-10,15H,11H2,1-5H3,(H,23,27). The van der Waals surface area contributed by atoms with Crippen LogP contribution in [0.2, 0.25) is 0 Å². The molecule has 148 valence electrons. The van der Waals surface area contributed by atoms with Gasteiger partial charge in [0.05, 0.1) is 47.1 Å². The van der Waals surface area contributed by atoms with E-state index in [-0.39, 0.29) is 5.91 Å². The van der Waals surface area contributed by atoms with Crippen LogP contribution in [-0.2, 0) is 11.3 Å². The lowest BCUT2D eigenvalue weighted by Gasteiger charge is -2.15. The molecule has 2 aromatic heterocycles. The Kier molecular flexibility index (Phi) is 5.88. The Morgan fingerprint density at radius 1 is 1.29 bits per heavy atom. The molecule has 0 aliphatic heterocycles. The minimum atomic E-state index is -0.438. The fourth-order valence-corrected chi connectivity index (χ4v) is 3.38. The van der Waals surface area contributed by atoms with Crippen LogP contribution in [0.3, 0.4) is 0 Å². The molecule has 1 aromatic carbocycles. The first-order valence-electron chi connectivity index (χ1n) is 8.99. The summed E-state index contributed by atoms with van der Waals surface area (Å²) in [6.07, 6.45) is 1.70. The largest absolute Gasteiger partial charge is 0.497 e. The van der Waals surface area contributed by atoms with Gasteiger partial charge in [-0.05, 0) is 61.3 Å². The lowest BCUT2D eigenvalue weighted by Crippen LogP contribution is -2.25. The summed E-state index contributed by atoms with van der Waals surface area (Å²) in [6.45, 7) is 8.19. The second-order valence-electron chi connectivity index (χ2n) is 6.74. The van der Waals surface area contributed by atoms with Gasteiger partial charge in [0, 0.05) is 0 Å². The topological polar surface area (TPSA) is 74.0 Å². The second-order valence-corrected chi connectivity index (χ2v) is 7.60. The van der Waals surface area contributed by atoms with Gasteiger partial charge in [-0.25, -0.2) is 0 Å². The van der Waals surface area contributed by atoms with E-state index in [0.717, 1.165) is 38.6 Å². The number of nitrogens with zero attached hydrogens (tertiary/aromatic N) is 4. The number of amides is 1. The fraction of sp³-hybridized carbons (Fsp3) is 0.350. The highest BCUT2D eigenvalue weighted by molar-refractivity contribution is 9.10. The minimum absolute atomic E-state index is 0.133. The van der Waals surface area contributed by atoms with E-state index in [2.05, 4.69) is 31.4 Å². The van der Waals surface area contributed by atoms with E-state index >= 15 is 0 Å². The maximum Gasteiger partial charge on any atom is 0.249 e. The van der Waals surface area contributed by atoms with Crippen molar-refractivity contribution in [1.82, 2.24) is 19.6 Å². The molecule has 3 aromatic rings. The van der Waals surface area contributed by atoms with Crippen LogP contribution in [0, 0.1) is 20.8 Å². The molecule has 0 bridgehead atoms. The summed E-state index contributed by atoms with van der Waals surface area (Å²) in [7, 11) is 1.65. The third kappa shape index (κ3) is 3.96. The van der Waals surface area contributed by atoms with Gasteiger partial charge in [0.1, 0.15) is 11.8 Å². The van der Waals surface area contributed by atoms with E-state index in [4.69, 9.17) is 4.74 Å². The summed E-state index contributed by atoms with van der Waals surface area (Å²) in [4.78, 5) is 12.8. The Bertz CT molecular complexity index is 1010. The van der Waals surface area contributed by atoms with E-state index < -0.39 is 6.04 Å². The van der Waals surface area contributed by atoms with E-state index in [1.54, 1.807) is 18.0 Å². The minimum Gasteiger partial charge on any atom is -0.497 e. The Labute approximate surface area is 172 Å². The van der Waals surface area contributed by atoms with E-state index in [0.29, 0.717) is 6.54 Å². The number of aromatic nitrogens is 4. The SMILES string of the molecule is COc1cccc(Cn2nc(C)c(NC(=O)C(C)n3ncc(Br)c3C)c2C)c1. The first-order chi connectivity index (χ1) is 13.3. The number of ether oxygens (including phenoxy) is 1. The summed E-state index contributed by atoms with van der Waals surface area (Å²) in [5.74, 6) is 0.674. The molecule has 0 radical (unpaired) electrons. The zero-order valence-electron chi connectivity index (χ0n) is 16.7. The lowest BCUT2D eigenvalue weighted by molar-refractivity contribution is -0.119. The highest BCUT2D eigenvalue weighted by Crippen LogP contribution is 2.24. The summed E-state index contributed by atoms with van der Waals surface area (Å²) >= 11 is 3.43. The zero-order valence-corrected chi connectivity index (χ0v) is 18.2. The normalized spacial score (nSPS) is 12.1. The van der Waals surface area contributed by atoms with E-state index in [1.165, 1.54) is 0 Å². The fourth-order valence-electron chi connectivity index (χ4n) is 3.11. The van der Waals surface area contributed by atoms with Gasteiger partial charge in [-0.3, -0.25) is 14.2 Å². The first kappa shape index (κ1) is 20.1. The maximum atomic E-state index is 12.8. The molecule has 0 spiro atoms. The van der Waals surface area contributed by atoms with Gasteiger partial charge >= 0.3 is 0 Å². The molecular weight excluding hydrogens is 422 g/mol. The van der Waals surface area contributed by atoms with Crippen molar-refractivity contribution in [2.45, 2.75) is 40.3 Å². The molecule has 2 heterocycles. The van der Waals surface area contributed by atoms with Crippen molar-refractivity contribution >= 4 is 27.5 Å². The molecule has 1 N–H and O–H groups in total. The third-order valence-electron chi connectivity index (χ3n) is 4.83. The molecule has 1 amide bonds. The van der Waals surface area contributed by atoms with Crippen LogP contribution in [0.4, 0.5) is 5.69 Å². The van der Waals surface area contributed by atoms with Crippen LogP contribution in [0.25, 0.3) is 0 Å². The van der Waals surface area contributed by atoms with Crippen LogP contribution in [0.1, 0.15) is 35.6 Å². The molecule has 1 atom stereocenters. The molecule has 1 unspecified atom stereocenters. The van der Waals surface area contributed by atoms with Gasteiger partial charge in [0.15, 0.2) is 0 Å². The number of hydrogen-bond donors (Lipinski definition) is 1. The van der Waals surface area contributed by atoms with Gasteiger partial charge in [0.25, 0.3) is 0 Å². The van der Waals surface area contributed by atoms with Crippen molar-refractivity contribution in [3.05, 3.63) is 57.6 Å². The second kappa shape index (κ2) is 8.18. The molecule has 0 aliphatic rings. The first-order valence-corrected chi connectivity index (χ1v) is 9.78. The number of rotatable bonds is 6. The highest BCUT2D eigenvalue weighted by atomic mass is 79.9. The lowest BCUT2D eigenvalue weighted by atomic mass is 10.2. The number of anilines is 1. The average Bonchev–Trinajstić information content (AvgIpc) is 3.15. The van der Waals surface area contributed by atoms with Gasteiger partial charge in [0.2, 0.25) is 5.91 Å². The smallest absolute Gasteiger partial charge is 0.249 e. The predicted octanol–water partition coefficient (Wildman–Crippen LogP) is 4.02. The van der Waals surface area contributed by atoms with Crippen molar-refractivity contribution in [3.8, 4) is 5.75 Å². The molecule has 0 fully saturated rings. The summed E-state index contributed by atoms with van der Waals surface area (Å²) in [5, 5.41) is 11.9. The van der Waals surface area contributed by atoms with Crippen molar-refractivity contribution < 1.29 is 9.53 Å². The average molecular weight is 446 g/mol. The Morgan fingerprint density at radius 3 is 2.68 bits per heavy atom. The molecule has 0 saturated heterocycles. The number of carbonyl (C=O) groups is 1. The van der Waals surface area contributed by atoms with Gasteiger partial charge in [-0.1, -0.05) is 12.1 Å². The number of carbonyl (C=O) groups excluding carboxylic acids is 1. The van der Waals surface area contributed by atoms with Crippen molar-refractivity contribution in [2.24, 2.45) is 0 Å². The molecule has 0 aliphatic carbocycles. The zero-order chi connectivity index (χ0) is 20.4. The highest BCUT2D eigenvalue weighted by Gasteiger charge is 2.22. The van der Waals surface area contributed by atoms with Crippen molar-refractivity contribution in [1.29, 1.82) is 0 Å². The number of nitrogens with one attached hydrogen (secondary N) is 1. The quantitative estimate of drug-likeness (QED) is 0.621. The van der Waals surface area contributed by atoms with Gasteiger partial charge in [-0.2, -0.15) is 10.2 Å². The Balaban J connectivity index is 1.79. The number of methoxy groups -OCH3 is 1. The van der Waals surface area contributed by atoms with Gasteiger partial charge in [-0.15, -0.1) is 0 Å². The molecule has 3 rings (SSSR count). The van der Waals surface area contributed by atoms with Crippen molar-refractivity contribution in [3.63, 3.8) is 0 Å². The number of benzene rings is 1. The number of halogens is 1. The van der Waals surface area contributed by atoms with Crippen LogP contribution in [0.5, 0.6) is 5.75 Å². The molecule has 8 heteroatoms. The molecule has 0 saturated carbocycles. The Hall–Kier alpha value is -2.61. The molecular formula is C20H24BrN5O2. The summed E-state index contributed by atoms with van der Waals surface area (Å²) in [6, 6.07) is 7.43. The van der Waals surface area contributed by atoms with Crippen molar-refractivity contribution in [2.75, 3.05) is 12.4 Å².